The first-order valence-corrected chi connectivity index (χ1v) is 10.1. The first kappa shape index (κ1) is 19.0. The van der Waals surface area contributed by atoms with Gasteiger partial charge >= 0.3 is 0 Å². The smallest absolute Gasteiger partial charge is 0.289 e. The van der Waals surface area contributed by atoms with Crippen molar-refractivity contribution in [3.8, 4) is 5.69 Å². The predicted octanol–water partition coefficient (Wildman–Crippen LogP) is 2.92. The molecule has 0 radical (unpaired) electrons. The molecule has 1 aliphatic rings. The van der Waals surface area contributed by atoms with E-state index in [1.165, 1.54) is 6.26 Å². The number of aromatic nitrogens is 3. The molecular formula is C23H21N5O3. The van der Waals surface area contributed by atoms with Crippen LogP contribution in [0.15, 0.2) is 65.4 Å². The number of rotatable bonds is 3. The standard InChI is InChI=1S/C23H21N5O3/c1-16-25-19-7-3-9-24-21(19)28(16)18-6-2-5-17(15-18)22(29)26-10-12-27(13-11-26)23(30)20-8-4-14-31-20/h2-9,14-15H,10-13H2,1H3. The van der Waals surface area contributed by atoms with Crippen LogP contribution in [-0.4, -0.2) is 62.3 Å². The molecule has 4 heterocycles. The SMILES string of the molecule is Cc1nc2cccnc2n1-c1cccc(C(=O)N2CCN(C(=O)c3ccco3)CC2)c1. The van der Waals surface area contributed by atoms with Crippen molar-refractivity contribution in [1.29, 1.82) is 0 Å². The molecule has 0 aliphatic carbocycles. The molecule has 31 heavy (non-hydrogen) atoms. The highest BCUT2D eigenvalue weighted by Gasteiger charge is 2.26. The summed E-state index contributed by atoms with van der Waals surface area (Å²) in [5.41, 5.74) is 3.01. The first-order valence-electron chi connectivity index (χ1n) is 10.1. The van der Waals surface area contributed by atoms with Gasteiger partial charge in [0.25, 0.3) is 11.8 Å². The van der Waals surface area contributed by atoms with E-state index in [0.29, 0.717) is 37.5 Å². The number of pyridine rings is 1. The lowest BCUT2D eigenvalue weighted by Gasteiger charge is -2.34. The Kier molecular flexibility index (Phi) is 4.74. The van der Waals surface area contributed by atoms with E-state index in [1.54, 1.807) is 28.1 Å². The molecule has 8 nitrogen and oxygen atoms in total. The molecule has 3 aromatic heterocycles. The van der Waals surface area contributed by atoms with Gasteiger partial charge in [-0.05, 0) is 49.4 Å². The first-order chi connectivity index (χ1) is 15.1. The Balaban J connectivity index is 1.34. The van der Waals surface area contributed by atoms with Crippen LogP contribution in [0.1, 0.15) is 26.7 Å². The number of hydrogen-bond donors (Lipinski definition) is 0. The van der Waals surface area contributed by atoms with Gasteiger partial charge in [0, 0.05) is 43.6 Å². The van der Waals surface area contributed by atoms with Crippen LogP contribution in [0.25, 0.3) is 16.9 Å². The maximum Gasteiger partial charge on any atom is 0.289 e. The van der Waals surface area contributed by atoms with Crippen LogP contribution in [0, 0.1) is 6.92 Å². The molecule has 5 rings (SSSR count). The third-order valence-corrected chi connectivity index (χ3v) is 5.52. The number of imidazole rings is 1. The third-order valence-electron chi connectivity index (χ3n) is 5.52. The van der Waals surface area contributed by atoms with E-state index >= 15 is 0 Å². The minimum atomic E-state index is -0.144. The van der Waals surface area contributed by atoms with Crippen molar-refractivity contribution in [2.75, 3.05) is 26.2 Å². The molecule has 156 valence electrons. The highest BCUT2D eigenvalue weighted by molar-refractivity contribution is 5.95. The summed E-state index contributed by atoms with van der Waals surface area (Å²) in [5, 5.41) is 0. The highest BCUT2D eigenvalue weighted by atomic mass is 16.3. The van der Waals surface area contributed by atoms with E-state index < -0.39 is 0 Å². The Morgan fingerprint density at radius 1 is 0.935 bits per heavy atom. The topological polar surface area (TPSA) is 84.5 Å². The van der Waals surface area contributed by atoms with Crippen LogP contribution >= 0.6 is 0 Å². The van der Waals surface area contributed by atoms with Gasteiger partial charge in [-0.3, -0.25) is 14.2 Å². The number of benzene rings is 1. The maximum atomic E-state index is 13.1. The maximum absolute atomic E-state index is 13.1. The molecule has 1 aliphatic heterocycles. The molecule has 2 amide bonds. The average Bonchev–Trinajstić information content (AvgIpc) is 3.45. The lowest BCUT2D eigenvalue weighted by atomic mass is 10.1. The van der Waals surface area contributed by atoms with Crippen molar-refractivity contribution in [2.24, 2.45) is 0 Å². The van der Waals surface area contributed by atoms with Crippen LogP contribution < -0.4 is 0 Å². The Morgan fingerprint density at radius 2 is 1.71 bits per heavy atom. The Morgan fingerprint density at radius 3 is 2.45 bits per heavy atom. The zero-order chi connectivity index (χ0) is 21.4. The van der Waals surface area contributed by atoms with E-state index in [9.17, 15) is 9.59 Å². The Hall–Kier alpha value is -3.94. The van der Waals surface area contributed by atoms with Crippen LogP contribution in [0.2, 0.25) is 0 Å². The monoisotopic (exact) mass is 415 g/mol. The number of furan rings is 1. The quantitative estimate of drug-likeness (QED) is 0.514. The second-order valence-electron chi connectivity index (χ2n) is 7.45. The largest absolute Gasteiger partial charge is 0.459 e. The van der Waals surface area contributed by atoms with Gasteiger partial charge in [-0.15, -0.1) is 0 Å². The predicted molar refractivity (Wildman–Crippen MR) is 114 cm³/mol. The molecule has 1 aromatic carbocycles. The van der Waals surface area contributed by atoms with Gasteiger partial charge in [0.05, 0.1) is 6.26 Å². The third kappa shape index (κ3) is 3.46. The van der Waals surface area contributed by atoms with Gasteiger partial charge in [-0.1, -0.05) is 6.07 Å². The molecule has 0 unspecified atom stereocenters. The summed E-state index contributed by atoms with van der Waals surface area (Å²) in [6.07, 6.45) is 3.22. The molecule has 0 atom stereocenters. The number of amides is 2. The molecule has 0 N–H and O–H groups in total. The molecule has 8 heteroatoms. The van der Waals surface area contributed by atoms with Gasteiger partial charge in [-0.2, -0.15) is 0 Å². The number of piperazine rings is 1. The fourth-order valence-corrected chi connectivity index (χ4v) is 3.96. The van der Waals surface area contributed by atoms with Gasteiger partial charge in [0.15, 0.2) is 11.4 Å². The second-order valence-corrected chi connectivity index (χ2v) is 7.45. The fraction of sp³-hybridized carbons (Fsp3) is 0.217. The summed E-state index contributed by atoms with van der Waals surface area (Å²) >= 11 is 0. The van der Waals surface area contributed by atoms with Gasteiger partial charge in [0.1, 0.15) is 11.3 Å². The normalized spacial score (nSPS) is 14.2. The molecule has 0 spiro atoms. The lowest BCUT2D eigenvalue weighted by molar-refractivity contribution is 0.0518. The number of hydrogen-bond acceptors (Lipinski definition) is 5. The number of nitrogens with zero attached hydrogens (tertiary/aromatic N) is 5. The van der Waals surface area contributed by atoms with E-state index in [1.807, 2.05) is 47.9 Å². The fourth-order valence-electron chi connectivity index (χ4n) is 3.96. The molecule has 0 saturated carbocycles. The van der Waals surface area contributed by atoms with Crippen molar-refractivity contribution in [3.63, 3.8) is 0 Å². The van der Waals surface area contributed by atoms with E-state index in [4.69, 9.17) is 4.42 Å². The van der Waals surface area contributed by atoms with Crippen molar-refractivity contribution < 1.29 is 14.0 Å². The van der Waals surface area contributed by atoms with Gasteiger partial charge in [-0.25, -0.2) is 9.97 Å². The lowest BCUT2D eigenvalue weighted by Crippen LogP contribution is -2.50. The molecule has 1 fully saturated rings. The Bertz CT molecular complexity index is 1250. The minimum Gasteiger partial charge on any atom is -0.459 e. The molecular weight excluding hydrogens is 394 g/mol. The zero-order valence-electron chi connectivity index (χ0n) is 17.1. The van der Waals surface area contributed by atoms with E-state index in [2.05, 4.69) is 9.97 Å². The van der Waals surface area contributed by atoms with E-state index in [0.717, 1.165) is 22.7 Å². The summed E-state index contributed by atoms with van der Waals surface area (Å²) in [7, 11) is 0. The van der Waals surface area contributed by atoms with Crippen LogP contribution in [0.5, 0.6) is 0 Å². The summed E-state index contributed by atoms with van der Waals surface area (Å²) in [5.74, 6) is 0.934. The number of carbonyl (C=O) groups excluding carboxylic acids is 2. The van der Waals surface area contributed by atoms with Gasteiger partial charge < -0.3 is 14.2 Å². The van der Waals surface area contributed by atoms with Crippen molar-refractivity contribution >= 4 is 23.0 Å². The zero-order valence-corrected chi connectivity index (χ0v) is 17.1. The summed E-state index contributed by atoms with van der Waals surface area (Å²) in [6, 6.07) is 14.6. The number of carbonyl (C=O) groups is 2. The number of aryl methyl sites for hydroxylation is 1. The van der Waals surface area contributed by atoms with Crippen LogP contribution in [0.3, 0.4) is 0 Å². The second kappa shape index (κ2) is 7.71. The van der Waals surface area contributed by atoms with Gasteiger partial charge in [0.2, 0.25) is 0 Å². The Labute approximate surface area is 178 Å². The highest BCUT2D eigenvalue weighted by Crippen LogP contribution is 2.21. The van der Waals surface area contributed by atoms with E-state index in [-0.39, 0.29) is 11.8 Å². The summed E-state index contributed by atoms with van der Waals surface area (Å²) in [4.78, 5) is 38.1. The van der Waals surface area contributed by atoms with Crippen LogP contribution in [0.4, 0.5) is 0 Å². The summed E-state index contributed by atoms with van der Waals surface area (Å²) in [6.45, 7) is 3.82. The minimum absolute atomic E-state index is 0.0537. The van der Waals surface area contributed by atoms with Crippen LogP contribution in [-0.2, 0) is 0 Å². The molecule has 0 bridgehead atoms. The number of fused-ring (bicyclic) bond motifs is 1. The molecule has 1 saturated heterocycles. The summed E-state index contributed by atoms with van der Waals surface area (Å²) < 4.78 is 7.15. The average molecular weight is 415 g/mol. The van der Waals surface area contributed by atoms with Crippen molar-refractivity contribution in [3.05, 3.63) is 78.1 Å². The molecule has 4 aromatic rings. The van der Waals surface area contributed by atoms with Crippen molar-refractivity contribution in [1.82, 2.24) is 24.3 Å². The van der Waals surface area contributed by atoms with Crippen molar-refractivity contribution in [2.45, 2.75) is 6.92 Å².